The Kier molecular flexibility index (Phi) is 25.4. The van der Waals surface area contributed by atoms with Crippen LogP contribution >= 0.6 is 0 Å². The summed E-state index contributed by atoms with van der Waals surface area (Å²) in [7, 11) is 0. The van der Waals surface area contributed by atoms with Gasteiger partial charge in [0.15, 0.2) is 12.1 Å². The van der Waals surface area contributed by atoms with Crippen LogP contribution < -0.4 is 5.32 Å². The zero-order valence-corrected chi connectivity index (χ0v) is 41.9. The van der Waals surface area contributed by atoms with Crippen LogP contribution in [0.2, 0.25) is 0 Å². The molecular formula is C54H78FNO17. The van der Waals surface area contributed by atoms with Gasteiger partial charge < -0.3 is 80.4 Å². The molecule has 18 nitrogen and oxygen atoms in total. The largest absolute Gasteiger partial charge is 0.481 e. The maximum Gasteiger partial charge on any atom is 0.311 e. The van der Waals surface area contributed by atoms with E-state index >= 15 is 0 Å². The second kappa shape index (κ2) is 30.3. The molecule has 12 N–H and O–H groups in total. The van der Waals surface area contributed by atoms with Gasteiger partial charge in [-0.3, -0.25) is 9.59 Å². The number of allylic oxidation sites excluding steroid dienone is 12. The van der Waals surface area contributed by atoms with E-state index in [1.807, 2.05) is 13.0 Å². The number of aliphatic carboxylic acids is 1. The number of halogens is 1. The van der Waals surface area contributed by atoms with Crippen molar-refractivity contribution in [2.75, 3.05) is 0 Å². The number of fused-ring (bicyclic) bond motifs is 2. The normalized spacial score (nSPS) is 38.7. The smallest absolute Gasteiger partial charge is 0.311 e. The van der Waals surface area contributed by atoms with Gasteiger partial charge in [0.25, 0.3) is 0 Å². The Hall–Kier alpha value is -4.29. The number of aliphatic hydroxyl groups is 10. The summed E-state index contributed by atoms with van der Waals surface area (Å²) in [5.74, 6) is -7.38. The number of cyclic esters (lactones) is 1. The van der Waals surface area contributed by atoms with Crippen LogP contribution in [0, 0.1) is 23.6 Å². The van der Waals surface area contributed by atoms with Crippen LogP contribution in [0.4, 0.5) is 4.39 Å². The molecule has 3 aliphatic heterocycles. The maximum atomic E-state index is 13.6. The first-order valence-electron chi connectivity index (χ1n) is 25.0. The minimum Gasteiger partial charge on any atom is -0.481 e. The number of carboxylic acid groups (broad SMARTS) is 1. The van der Waals surface area contributed by atoms with Gasteiger partial charge in [-0.25, -0.2) is 4.39 Å². The summed E-state index contributed by atoms with van der Waals surface area (Å²) in [6.07, 6.45) is 2.98. The molecule has 2 saturated heterocycles. The standard InChI is InChI=1S/C54H78FNO17/c1-32-17-15-13-11-9-7-5-6-8-10-12-14-16-18-41(72-53-51(66)48(50(65)35(4)71-53)56-31-36-19-21-37(55)22-20-36)28-45-47(52(67)68)44(62)30-54(69,73-45)29-40(59)26-43(61)42(60)24-23-38(57)25-39(58)27-46(63)70-34(3)33(2)49(32)64/h5-22,32-35,38-45,47-51,53,56-62,64-66,69H,23-31H2,1-4H3,(H,67,68)/t32-,33-,34-,35+,38+,39+,40-,41-,42+,43+,44-,45-,47+,48-,49+,50+,51-,53-,54+/m0/s1. The van der Waals surface area contributed by atoms with Gasteiger partial charge in [-0.1, -0.05) is 111 Å². The molecule has 73 heavy (non-hydrogen) atoms. The minimum absolute atomic E-state index is 0.120. The molecule has 19 heteroatoms. The van der Waals surface area contributed by atoms with E-state index in [0.717, 1.165) is 0 Å². The highest BCUT2D eigenvalue weighted by Crippen LogP contribution is 2.38. The minimum atomic E-state index is -2.36. The fraction of sp³-hybridized carbons (Fsp3) is 0.593. The topological polar surface area (TPSA) is 306 Å². The molecule has 2 bridgehead atoms. The number of carboxylic acids is 1. The second-order valence-electron chi connectivity index (χ2n) is 19.5. The number of hydrogen-bond donors (Lipinski definition) is 12. The Morgan fingerprint density at radius 1 is 0.685 bits per heavy atom. The van der Waals surface area contributed by atoms with Crippen molar-refractivity contribution in [1.29, 1.82) is 0 Å². The molecule has 0 spiro atoms. The van der Waals surface area contributed by atoms with Crippen molar-refractivity contribution < 1.29 is 89.1 Å². The number of rotatable bonds is 6. The molecule has 0 unspecified atom stereocenters. The molecule has 0 saturated carbocycles. The first-order valence-corrected chi connectivity index (χ1v) is 25.0. The number of benzene rings is 1. The summed E-state index contributed by atoms with van der Waals surface area (Å²) in [5.41, 5.74) is 0.663. The summed E-state index contributed by atoms with van der Waals surface area (Å²) in [6.45, 7) is 6.90. The van der Waals surface area contributed by atoms with Crippen molar-refractivity contribution in [3.8, 4) is 0 Å². The first-order chi connectivity index (χ1) is 34.6. The third-order valence-corrected chi connectivity index (χ3v) is 13.4. The number of carbonyl (C=O) groups excluding carboxylic acids is 1. The van der Waals surface area contributed by atoms with E-state index in [1.54, 1.807) is 106 Å². The van der Waals surface area contributed by atoms with Gasteiger partial charge in [-0.2, -0.15) is 0 Å². The number of nitrogens with one attached hydrogen (secondary N) is 1. The lowest BCUT2D eigenvalue weighted by Gasteiger charge is -2.45. The van der Waals surface area contributed by atoms with Gasteiger partial charge >= 0.3 is 11.9 Å². The zero-order chi connectivity index (χ0) is 53.8. The molecular weight excluding hydrogens is 954 g/mol. The first kappa shape index (κ1) is 61.3. The van der Waals surface area contributed by atoms with Crippen molar-refractivity contribution in [2.24, 2.45) is 17.8 Å². The molecule has 0 aromatic heterocycles. The fourth-order valence-corrected chi connectivity index (χ4v) is 9.02. The average Bonchev–Trinajstić information content (AvgIpc) is 3.31. The Morgan fingerprint density at radius 3 is 1.88 bits per heavy atom. The summed E-state index contributed by atoms with van der Waals surface area (Å²) < 4.78 is 37.2. The Bertz CT molecular complexity index is 2050. The number of esters is 1. The van der Waals surface area contributed by atoms with Crippen molar-refractivity contribution >= 4 is 11.9 Å². The van der Waals surface area contributed by atoms with Crippen LogP contribution in [-0.4, -0.2) is 166 Å². The number of carbonyl (C=O) groups is 2. The van der Waals surface area contributed by atoms with Crippen molar-refractivity contribution in [1.82, 2.24) is 5.32 Å². The van der Waals surface area contributed by atoms with E-state index in [0.29, 0.717) is 5.56 Å². The molecule has 2 fully saturated rings. The van der Waals surface area contributed by atoms with Gasteiger partial charge in [0, 0.05) is 44.1 Å². The number of hydrogen-bond acceptors (Lipinski definition) is 17. The van der Waals surface area contributed by atoms with Gasteiger partial charge in [0.1, 0.15) is 23.9 Å². The molecule has 3 aliphatic rings. The summed E-state index contributed by atoms with van der Waals surface area (Å²) >= 11 is 0. The zero-order valence-electron chi connectivity index (χ0n) is 41.9. The molecule has 19 atom stereocenters. The molecule has 0 radical (unpaired) electrons. The Labute approximate surface area is 426 Å². The highest BCUT2D eigenvalue weighted by atomic mass is 19.1. The lowest BCUT2D eigenvalue weighted by molar-refractivity contribution is -0.309. The summed E-state index contributed by atoms with van der Waals surface area (Å²) in [6, 6.07) is 4.62. The molecule has 408 valence electrons. The number of aliphatic hydroxyl groups excluding tert-OH is 9. The van der Waals surface area contributed by atoms with Crippen LogP contribution in [0.5, 0.6) is 0 Å². The monoisotopic (exact) mass is 1030 g/mol. The molecule has 1 aromatic carbocycles. The van der Waals surface area contributed by atoms with E-state index in [4.69, 9.17) is 18.9 Å². The van der Waals surface area contributed by atoms with Crippen LogP contribution in [0.3, 0.4) is 0 Å². The maximum absolute atomic E-state index is 13.6. The van der Waals surface area contributed by atoms with Crippen LogP contribution in [0.15, 0.2) is 109 Å². The van der Waals surface area contributed by atoms with Crippen molar-refractivity contribution in [2.45, 2.75) is 183 Å². The highest BCUT2D eigenvalue weighted by molar-refractivity contribution is 5.71. The molecule has 1 aromatic rings. The van der Waals surface area contributed by atoms with Gasteiger partial charge in [-0.05, 0) is 50.8 Å². The van der Waals surface area contributed by atoms with Crippen LogP contribution in [0.1, 0.15) is 84.6 Å². The van der Waals surface area contributed by atoms with Crippen LogP contribution in [0.25, 0.3) is 0 Å². The molecule has 0 amide bonds. The van der Waals surface area contributed by atoms with E-state index in [1.165, 1.54) is 18.2 Å². The summed E-state index contributed by atoms with van der Waals surface area (Å²) in [4.78, 5) is 25.3. The lowest BCUT2D eigenvalue weighted by atomic mass is 9.82. The molecule has 0 aliphatic carbocycles. The predicted molar refractivity (Wildman–Crippen MR) is 266 cm³/mol. The van der Waals surface area contributed by atoms with E-state index < -0.39 is 153 Å². The van der Waals surface area contributed by atoms with Crippen molar-refractivity contribution in [3.05, 3.63) is 121 Å². The Balaban J connectivity index is 1.58. The molecule has 3 heterocycles. The lowest BCUT2D eigenvalue weighted by Crippen LogP contribution is -2.63. The quantitative estimate of drug-likeness (QED) is 0.182. The SMILES string of the molecule is C[C@@H]1[C@H](O)[C@@H](C)C=CC=CC=CC=CC=CC=CC=C[C@H](O[C@@H]2O[C@H](C)[C@@H](O)[C@H](NCc3ccc(F)cc3)[C@@H]2O)C[C@@H]2O[C@](O)(C[C@@H](O)C[C@@H](O)[C@H](O)CC[C@@H](O)C[C@@H](O)CC(=O)O[C@H]1C)C[C@H](O)[C@H]2C(=O)O. The van der Waals surface area contributed by atoms with Gasteiger partial charge in [0.2, 0.25) is 0 Å². The van der Waals surface area contributed by atoms with Crippen LogP contribution in [-0.2, 0) is 35.1 Å². The van der Waals surface area contributed by atoms with E-state index in [9.17, 15) is 70.2 Å². The third kappa shape index (κ3) is 20.4. The fourth-order valence-electron chi connectivity index (χ4n) is 9.02. The Morgan fingerprint density at radius 2 is 1.27 bits per heavy atom. The third-order valence-electron chi connectivity index (χ3n) is 13.4. The number of ether oxygens (including phenoxy) is 4. The van der Waals surface area contributed by atoms with E-state index in [2.05, 4.69) is 5.32 Å². The molecule has 4 rings (SSSR count). The predicted octanol–water partition coefficient (Wildman–Crippen LogP) is 2.68. The van der Waals surface area contributed by atoms with Gasteiger partial charge in [-0.15, -0.1) is 0 Å². The van der Waals surface area contributed by atoms with Crippen molar-refractivity contribution in [3.63, 3.8) is 0 Å². The van der Waals surface area contributed by atoms with Gasteiger partial charge in [0.05, 0.1) is 79.6 Å². The van der Waals surface area contributed by atoms with E-state index in [-0.39, 0.29) is 38.1 Å². The second-order valence-corrected chi connectivity index (χ2v) is 19.5. The average molecular weight is 1030 g/mol. The summed E-state index contributed by atoms with van der Waals surface area (Å²) in [5, 5.41) is 124. The highest BCUT2D eigenvalue weighted by Gasteiger charge is 2.51.